The van der Waals surface area contributed by atoms with Crippen LogP contribution in [-0.4, -0.2) is 39.8 Å². The van der Waals surface area contributed by atoms with Gasteiger partial charge in [0.2, 0.25) is 15.9 Å². The molecule has 0 saturated carbocycles. The fourth-order valence-corrected chi connectivity index (χ4v) is 4.10. The van der Waals surface area contributed by atoms with Gasteiger partial charge in [-0.2, -0.15) is 0 Å². The van der Waals surface area contributed by atoms with E-state index in [1.807, 2.05) is 13.8 Å². The number of benzene rings is 1. The van der Waals surface area contributed by atoms with Crippen molar-refractivity contribution in [2.24, 2.45) is 5.92 Å². The topological polar surface area (TPSA) is 75.7 Å². The third kappa shape index (κ3) is 10.0. The lowest BCUT2D eigenvalue weighted by Gasteiger charge is -2.23. The lowest BCUT2D eigenvalue weighted by Crippen LogP contribution is -2.33. The minimum atomic E-state index is -3.46. The van der Waals surface area contributed by atoms with Crippen molar-refractivity contribution in [1.82, 2.24) is 5.32 Å². The van der Waals surface area contributed by atoms with Crippen LogP contribution in [-0.2, 0) is 14.8 Å². The van der Waals surface area contributed by atoms with Gasteiger partial charge < -0.3 is 10.1 Å². The van der Waals surface area contributed by atoms with Crippen LogP contribution in [0.15, 0.2) is 24.3 Å². The molecule has 1 atom stereocenters. The Hall–Kier alpha value is -1.76. The molecule has 1 N–H and O–H groups in total. The Balaban J connectivity index is 2.62. The van der Waals surface area contributed by atoms with Crippen LogP contribution < -0.4 is 14.4 Å². The van der Waals surface area contributed by atoms with E-state index < -0.39 is 10.0 Å². The van der Waals surface area contributed by atoms with Crippen molar-refractivity contribution >= 4 is 21.6 Å². The predicted molar refractivity (Wildman–Crippen MR) is 120 cm³/mol. The molecule has 0 bridgehead atoms. The van der Waals surface area contributed by atoms with Gasteiger partial charge in [0, 0.05) is 25.6 Å². The molecule has 1 aromatic rings. The molecule has 0 aliphatic carbocycles. The number of carbonyl (C=O) groups is 1. The second kappa shape index (κ2) is 12.7. The summed E-state index contributed by atoms with van der Waals surface area (Å²) in [7, 11) is -3.46. The smallest absolute Gasteiger partial charge is 0.232 e. The normalized spacial score (nSPS) is 12.6. The van der Waals surface area contributed by atoms with Crippen LogP contribution in [0.1, 0.15) is 66.2 Å². The highest BCUT2D eigenvalue weighted by Gasteiger charge is 2.18. The van der Waals surface area contributed by atoms with E-state index in [4.69, 9.17) is 4.74 Å². The number of hydrogen-bond acceptors (Lipinski definition) is 4. The number of unbranched alkanes of at least 4 members (excludes halogenated alkanes) is 1. The maximum Gasteiger partial charge on any atom is 0.232 e. The summed E-state index contributed by atoms with van der Waals surface area (Å²) in [6, 6.07) is 7.05. The van der Waals surface area contributed by atoms with E-state index >= 15 is 0 Å². The predicted octanol–water partition coefficient (Wildman–Crippen LogP) is 4.35. The summed E-state index contributed by atoms with van der Waals surface area (Å²) in [5.41, 5.74) is 0.552. The first-order chi connectivity index (χ1) is 13.7. The number of hydrogen-bond donors (Lipinski definition) is 1. The van der Waals surface area contributed by atoms with Crippen LogP contribution in [0, 0.1) is 5.92 Å². The van der Waals surface area contributed by atoms with Gasteiger partial charge in [0.25, 0.3) is 0 Å². The zero-order valence-corrected chi connectivity index (χ0v) is 19.4. The average Bonchev–Trinajstić information content (AvgIpc) is 2.64. The first kappa shape index (κ1) is 25.3. The van der Waals surface area contributed by atoms with Gasteiger partial charge in [0.1, 0.15) is 5.75 Å². The lowest BCUT2D eigenvalue weighted by atomic mass is 9.99. The van der Waals surface area contributed by atoms with Crippen LogP contribution in [0.25, 0.3) is 0 Å². The van der Waals surface area contributed by atoms with Crippen molar-refractivity contribution in [2.75, 3.05) is 23.7 Å². The molecular weight excluding hydrogens is 388 g/mol. The number of anilines is 1. The quantitative estimate of drug-likeness (QED) is 0.480. The maximum absolute atomic E-state index is 12.3. The summed E-state index contributed by atoms with van der Waals surface area (Å²) < 4.78 is 31.6. The molecule has 29 heavy (non-hydrogen) atoms. The highest BCUT2D eigenvalue weighted by Crippen LogP contribution is 2.24. The Bertz CT molecular complexity index is 719. The lowest BCUT2D eigenvalue weighted by molar-refractivity contribution is -0.121. The van der Waals surface area contributed by atoms with Crippen molar-refractivity contribution in [3.63, 3.8) is 0 Å². The van der Waals surface area contributed by atoms with Crippen molar-refractivity contribution < 1.29 is 17.9 Å². The molecule has 0 aliphatic rings. The van der Waals surface area contributed by atoms with Gasteiger partial charge in [-0.15, -0.1) is 0 Å². The second-order valence-corrected chi connectivity index (χ2v) is 9.73. The first-order valence-electron chi connectivity index (χ1n) is 10.7. The summed E-state index contributed by atoms with van der Waals surface area (Å²) in [5.74, 6) is 1.11. The Morgan fingerprint density at radius 3 is 2.52 bits per heavy atom. The van der Waals surface area contributed by atoms with E-state index in [9.17, 15) is 13.2 Å². The molecule has 1 aromatic carbocycles. The Morgan fingerprint density at radius 2 is 1.93 bits per heavy atom. The number of amides is 1. The standard InChI is InChI=1S/C22H38N2O4S/c1-6-8-11-19(7-2)17-23-22(25)14-10-15-24(29(5,26)27)20-12-9-13-21(16-20)28-18(3)4/h9,12-13,16,18-19H,6-8,10-11,14-15,17H2,1-5H3,(H,23,25). The summed E-state index contributed by atoms with van der Waals surface area (Å²) in [6.07, 6.45) is 6.47. The van der Waals surface area contributed by atoms with Crippen molar-refractivity contribution in [3.05, 3.63) is 24.3 Å². The first-order valence-corrected chi connectivity index (χ1v) is 12.5. The number of nitrogens with zero attached hydrogens (tertiary/aromatic N) is 1. The summed E-state index contributed by atoms with van der Waals surface area (Å²) >= 11 is 0. The number of sulfonamides is 1. The second-order valence-electron chi connectivity index (χ2n) is 7.82. The van der Waals surface area contributed by atoms with E-state index in [-0.39, 0.29) is 18.6 Å². The van der Waals surface area contributed by atoms with Crippen molar-refractivity contribution in [3.8, 4) is 5.75 Å². The van der Waals surface area contributed by atoms with Gasteiger partial charge in [-0.1, -0.05) is 39.2 Å². The van der Waals surface area contributed by atoms with E-state index in [0.717, 1.165) is 19.3 Å². The van der Waals surface area contributed by atoms with Gasteiger partial charge in [-0.3, -0.25) is 9.10 Å². The monoisotopic (exact) mass is 426 g/mol. The molecule has 0 radical (unpaired) electrons. The van der Waals surface area contributed by atoms with Crippen LogP contribution >= 0.6 is 0 Å². The molecule has 0 aromatic heterocycles. The fourth-order valence-electron chi connectivity index (χ4n) is 3.14. The molecule has 1 rings (SSSR count). The Labute approximate surface area is 177 Å². The molecule has 6 nitrogen and oxygen atoms in total. The minimum absolute atomic E-state index is 0.00454. The third-order valence-electron chi connectivity index (χ3n) is 4.77. The zero-order chi connectivity index (χ0) is 21.9. The van der Waals surface area contributed by atoms with Gasteiger partial charge in [-0.25, -0.2) is 8.42 Å². The van der Waals surface area contributed by atoms with Crippen LogP contribution in [0.5, 0.6) is 5.75 Å². The number of nitrogens with one attached hydrogen (secondary N) is 1. The summed E-state index contributed by atoms with van der Waals surface area (Å²) in [4.78, 5) is 12.2. The van der Waals surface area contributed by atoms with E-state index in [2.05, 4.69) is 19.2 Å². The molecule has 1 amide bonds. The van der Waals surface area contributed by atoms with Crippen LogP contribution in [0.3, 0.4) is 0 Å². The van der Waals surface area contributed by atoms with Crippen LogP contribution in [0.4, 0.5) is 5.69 Å². The molecule has 0 fully saturated rings. The molecule has 0 heterocycles. The summed E-state index contributed by atoms with van der Waals surface area (Å²) in [5, 5.41) is 3.00. The zero-order valence-electron chi connectivity index (χ0n) is 18.6. The highest BCUT2D eigenvalue weighted by molar-refractivity contribution is 7.92. The largest absolute Gasteiger partial charge is 0.491 e. The third-order valence-corrected chi connectivity index (χ3v) is 5.97. The maximum atomic E-state index is 12.3. The average molecular weight is 427 g/mol. The molecule has 7 heteroatoms. The van der Waals surface area contributed by atoms with Gasteiger partial charge in [0.05, 0.1) is 18.0 Å². The molecule has 166 valence electrons. The molecule has 0 spiro atoms. The molecule has 1 unspecified atom stereocenters. The number of rotatable bonds is 14. The van der Waals surface area contributed by atoms with Gasteiger partial charge in [-0.05, 0) is 44.7 Å². The Kier molecular flexibility index (Phi) is 11.1. The fraction of sp³-hybridized carbons (Fsp3) is 0.682. The Morgan fingerprint density at radius 1 is 1.21 bits per heavy atom. The van der Waals surface area contributed by atoms with Crippen molar-refractivity contribution in [2.45, 2.75) is 72.3 Å². The highest BCUT2D eigenvalue weighted by atomic mass is 32.2. The number of carbonyl (C=O) groups excluding carboxylic acids is 1. The van der Waals surface area contributed by atoms with E-state index in [1.54, 1.807) is 24.3 Å². The van der Waals surface area contributed by atoms with Crippen molar-refractivity contribution in [1.29, 1.82) is 0 Å². The molecule has 0 aliphatic heterocycles. The molecular formula is C22H38N2O4S. The number of ether oxygens (including phenoxy) is 1. The molecule has 0 saturated heterocycles. The van der Waals surface area contributed by atoms with Gasteiger partial charge in [0.15, 0.2) is 0 Å². The summed E-state index contributed by atoms with van der Waals surface area (Å²) in [6.45, 7) is 9.11. The van der Waals surface area contributed by atoms with Crippen LogP contribution in [0.2, 0.25) is 0 Å². The van der Waals surface area contributed by atoms with Gasteiger partial charge >= 0.3 is 0 Å². The van der Waals surface area contributed by atoms with E-state index in [1.165, 1.54) is 17.0 Å². The minimum Gasteiger partial charge on any atom is -0.491 e. The van der Waals surface area contributed by atoms with E-state index in [0.29, 0.717) is 36.7 Å². The SMILES string of the molecule is CCCCC(CC)CNC(=O)CCCN(c1cccc(OC(C)C)c1)S(C)(=O)=O.